The van der Waals surface area contributed by atoms with Crippen LogP contribution in [0.3, 0.4) is 0 Å². The summed E-state index contributed by atoms with van der Waals surface area (Å²) < 4.78 is 11.4. The van der Waals surface area contributed by atoms with Gasteiger partial charge >= 0.3 is 0 Å². The lowest BCUT2D eigenvalue weighted by molar-refractivity contribution is -0.0699. The molecule has 0 aliphatic carbocycles. The minimum absolute atomic E-state index is 0.288. The van der Waals surface area contributed by atoms with Crippen LogP contribution in [0.4, 0.5) is 0 Å². The highest BCUT2D eigenvalue weighted by molar-refractivity contribution is 5.74. The fraction of sp³-hybridized carbons (Fsp3) is 0.533. The molecule has 0 N–H and O–H groups in total. The molecular formula is C15H21NO3. The van der Waals surface area contributed by atoms with Gasteiger partial charge in [0.15, 0.2) is 0 Å². The Morgan fingerprint density at radius 1 is 1.26 bits per heavy atom. The van der Waals surface area contributed by atoms with E-state index in [4.69, 9.17) is 9.47 Å². The lowest BCUT2D eigenvalue weighted by Gasteiger charge is -2.35. The molecule has 0 bridgehead atoms. The summed E-state index contributed by atoms with van der Waals surface area (Å²) in [7, 11) is 0. The molecule has 4 nitrogen and oxygen atoms in total. The van der Waals surface area contributed by atoms with Gasteiger partial charge in [0.1, 0.15) is 18.6 Å². The van der Waals surface area contributed by atoms with Crippen molar-refractivity contribution >= 4 is 6.29 Å². The van der Waals surface area contributed by atoms with Gasteiger partial charge in [0, 0.05) is 25.2 Å². The minimum atomic E-state index is 0.288. The second kappa shape index (κ2) is 6.68. The number of nitrogens with zero attached hydrogens (tertiary/aromatic N) is 1. The van der Waals surface area contributed by atoms with E-state index in [2.05, 4.69) is 18.7 Å². The summed E-state index contributed by atoms with van der Waals surface area (Å²) in [6, 6.07) is 7.19. The van der Waals surface area contributed by atoms with Crippen molar-refractivity contribution in [1.29, 1.82) is 0 Å². The molecule has 1 fully saturated rings. The van der Waals surface area contributed by atoms with Gasteiger partial charge in [-0.05, 0) is 38.1 Å². The van der Waals surface area contributed by atoms with Crippen LogP contribution >= 0.6 is 0 Å². The average Bonchev–Trinajstić information content (AvgIpc) is 2.38. The first-order valence-electron chi connectivity index (χ1n) is 6.73. The van der Waals surface area contributed by atoms with E-state index in [0.717, 1.165) is 31.7 Å². The van der Waals surface area contributed by atoms with Crippen molar-refractivity contribution in [3.05, 3.63) is 29.8 Å². The molecule has 4 heteroatoms. The standard InChI is InChI=1S/C15H21NO3/c1-12-9-16(10-13(2)19-12)7-8-18-15-5-3-14(11-17)4-6-15/h3-6,11-13H,7-10H2,1-2H3/t12-,13-/m1/s1. The largest absolute Gasteiger partial charge is 0.492 e. The van der Waals surface area contributed by atoms with Crippen LogP contribution in [0, 0.1) is 0 Å². The van der Waals surface area contributed by atoms with E-state index >= 15 is 0 Å². The number of rotatable bonds is 5. The number of hydrogen-bond donors (Lipinski definition) is 0. The molecule has 2 rings (SSSR count). The number of ether oxygens (including phenoxy) is 2. The summed E-state index contributed by atoms with van der Waals surface area (Å²) in [5.41, 5.74) is 0.670. The maximum atomic E-state index is 10.5. The summed E-state index contributed by atoms with van der Waals surface area (Å²) >= 11 is 0. The molecule has 0 saturated carbocycles. The minimum Gasteiger partial charge on any atom is -0.492 e. The van der Waals surface area contributed by atoms with Crippen molar-refractivity contribution in [3.63, 3.8) is 0 Å². The zero-order valence-corrected chi connectivity index (χ0v) is 11.5. The number of carbonyl (C=O) groups is 1. The molecule has 1 aliphatic rings. The predicted octanol–water partition coefficient (Wildman–Crippen LogP) is 1.99. The number of morpholine rings is 1. The molecular weight excluding hydrogens is 242 g/mol. The summed E-state index contributed by atoms with van der Waals surface area (Å²) in [6.45, 7) is 7.66. The van der Waals surface area contributed by atoms with Gasteiger partial charge in [-0.15, -0.1) is 0 Å². The van der Waals surface area contributed by atoms with Gasteiger partial charge in [0.25, 0.3) is 0 Å². The molecule has 0 spiro atoms. The van der Waals surface area contributed by atoms with Gasteiger partial charge in [-0.1, -0.05) is 0 Å². The Bertz CT molecular complexity index is 394. The van der Waals surface area contributed by atoms with Crippen LogP contribution in [0.25, 0.3) is 0 Å². The smallest absolute Gasteiger partial charge is 0.150 e. The van der Waals surface area contributed by atoms with Crippen LogP contribution in [0.15, 0.2) is 24.3 Å². The van der Waals surface area contributed by atoms with E-state index < -0.39 is 0 Å². The highest BCUT2D eigenvalue weighted by atomic mass is 16.5. The molecule has 1 aliphatic heterocycles. The zero-order valence-electron chi connectivity index (χ0n) is 11.5. The van der Waals surface area contributed by atoms with Gasteiger partial charge in [-0.3, -0.25) is 9.69 Å². The van der Waals surface area contributed by atoms with E-state index in [-0.39, 0.29) is 12.2 Å². The third kappa shape index (κ3) is 4.33. The van der Waals surface area contributed by atoms with E-state index in [1.54, 1.807) is 12.1 Å². The van der Waals surface area contributed by atoms with Crippen molar-refractivity contribution in [2.45, 2.75) is 26.1 Å². The monoisotopic (exact) mass is 263 g/mol. The van der Waals surface area contributed by atoms with E-state index in [1.807, 2.05) is 12.1 Å². The Balaban J connectivity index is 1.74. The molecule has 1 aromatic carbocycles. The molecule has 0 unspecified atom stereocenters. The number of carbonyl (C=O) groups excluding carboxylic acids is 1. The van der Waals surface area contributed by atoms with E-state index in [0.29, 0.717) is 12.2 Å². The third-order valence-corrected chi connectivity index (χ3v) is 3.19. The summed E-state index contributed by atoms with van der Waals surface area (Å²) in [6.07, 6.45) is 1.41. The molecule has 0 amide bonds. The summed E-state index contributed by atoms with van der Waals surface area (Å²) in [5.74, 6) is 0.806. The lowest BCUT2D eigenvalue weighted by atomic mass is 10.2. The Morgan fingerprint density at radius 2 is 1.89 bits per heavy atom. The Kier molecular flexibility index (Phi) is 4.93. The van der Waals surface area contributed by atoms with Crippen molar-refractivity contribution in [2.75, 3.05) is 26.2 Å². The molecule has 1 heterocycles. The zero-order chi connectivity index (χ0) is 13.7. The fourth-order valence-electron chi connectivity index (χ4n) is 2.40. The number of aldehydes is 1. The summed E-state index contributed by atoms with van der Waals surface area (Å²) in [5, 5.41) is 0. The lowest BCUT2D eigenvalue weighted by Crippen LogP contribution is -2.46. The number of hydrogen-bond acceptors (Lipinski definition) is 4. The predicted molar refractivity (Wildman–Crippen MR) is 73.8 cm³/mol. The molecule has 19 heavy (non-hydrogen) atoms. The highest BCUT2D eigenvalue weighted by Crippen LogP contribution is 2.13. The highest BCUT2D eigenvalue weighted by Gasteiger charge is 2.21. The third-order valence-electron chi connectivity index (χ3n) is 3.19. The fourth-order valence-corrected chi connectivity index (χ4v) is 2.40. The molecule has 0 aromatic heterocycles. The van der Waals surface area contributed by atoms with Gasteiger partial charge in [0.2, 0.25) is 0 Å². The van der Waals surface area contributed by atoms with Crippen LogP contribution in [0.1, 0.15) is 24.2 Å². The van der Waals surface area contributed by atoms with Crippen molar-refractivity contribution in [1.82, 2.24) is 4.90 Å². The van der Waals surface area contributed by atoms with Crippen molar-refractivity contribution < 1.29 is 14.3 Å². The van der Waals surface area contributed by atoms with Gasteiger partial charge < -0.3 is 9.47 Å². The topological polar surface area (TPSA) is 38.8 Å². The second-order valence-corrected chi connectivity index (χ2v) is 5.05. The quantitative estimate of drug-likeness (QED) is 0.762. The van der Waals surface area contributed by atoms with Crippen LogP contribution < -0.4 is 4.74 Å². The molecule has 104 valence electrons. The first-order valence-corrected chi connectivity index (χ1v) is 6.73. The van der Waals surface area contributed by atoms with Gasteiger partial charge in [0.05, 0.1) is 12.2 Å². The van der Waals surface area contributed by atoms with Crippen LogP contribution in [0.2, 0.25) is 0 Å². The first-order chi connectivity index (χ1) is 9.17. The second-order valence-electron chi connectivity index (χ2n) is 5.05. The SMILES string of the molecule is C[C@@H]1CN(CCOc2ccc(C=O)cc2)C[C@@H](C)O1. The van der Waals surface area contributed by atoms with E-state index in [9.17, 15) is 4.79 Å². The average molecular weight is 263 g/mol. The molecule has 0 radical (unpaired) electrons. The Labute approximate surface area is 114 Å². The van der Waals surface area contributed by atoms with Crippen molar-refractivity contribution in [2.24, 2.45) is 0 Å². The van der Waals surface area contributed by atoms with Crippen LogP contribution in [0.5, 0.6) is 5.75 Å². The van der Waals surface area contributed by atoms with Crippen LogP contribution in [-0.4, -0.2) is 49.6 Å². The first kappa shape index (κ1) is 14.0. The maximum absolute atomic E-state index is 10.5. The molecule has 1 aromatic rings. The maximum Gasteiger partial charge on any atom is 0.150 e. The van der Waals surface area contributed by atoms with E-state index in [1.165, 1.54) is 0 Å². The van der Waals surface area contributed by atoms with Gasteiger partial charge in [-0.2, -0.15) is 0 Å². The van der Waals surface area contributed by atoms with Crippen LogP contribution in [-0.2, 0) is 4.74 Å². The Hall–Kier alpha value is -1.39. The molecule has 2 atom stereocenters. The molecule has 1 saturated heterocycles. The van der Waals surface area contributed by atoms with Crippen molar-refractivity contribution in [3.8, 4) is 5.75 Å². The normalized spacial score (nSPS) is 24.1. The van der Waals surface area contributed by atoms with Gasteiger partial charge in [-0.25, -0.2) is 0 Å². The summed E-state index contributed by atoms with van der Waals surface area (Å²) in [4.78, 5) is 12.9. The Morgan fingerprint density at radius 3 is 2.47 bits per heavy atom. The number of benzene rings is 1.